The van der Waals surface area contributed by atoms with Crippen LogP contribution < -0.4 is 11.1 Å². The number of nitrogens with zero attached hydrogens (tertiary/aromatic N) is 7. The molecule has 0 unspecified atom stereocenters. The second-order valence-electron chi connectivity index (χ2n) is 11.7. The summed E-state index contributed by atoms with van der Waals surface area (Å²) in [5.41, 5.74) is 6.88. The number of nitrogens with two attached hydrogens (primary N) is 1. The molecular formula is C32H56I3N10OS2V-. The number of carbonyl (C=O) groups excluding carboxylic acids is 1. The summed E-state index contributed by atoms with van der Waals surface area (Å²) < 4.78 is 0. The molecule has 0 saturated carbocycles. The minimum absolute atomic E-state index is 0. The maximum absolute atomic E-state index is 10.3. The van der Waals surface area contributed by atoms with Gasteiger partial charge in [0, 0.05) is 32.0 Å². The van der Waals surface area contributed by atoms with E-state index in [9.17, 15) is 4.79 Å². The molecule has 17 heteroatoms. The number of rotatable bonds is 10. The molecule has 279 valence electrons. The summed E-state index contributed by atoms with van der Waals surface area (Å²) >= 11 is 6.58. The first-order valence-electron chi connectivity index (χ1n) is 16.0. The summed E-state index contributed by atoms with van der Waals surface area (Å²) in [5, 5.41) is 18.7. The number of carbonyl (C=O) groups is 1. The van der Waals surface area contributed by atoms with Gasteiger partial charge in [-0.2, -0.15) is 5.26 Å². The molecule has 2 saturated heterocycles. The number of aromatic nitrogens is 2. The summed E-state index contributed by atoms with van der Waals surface area (Å²) in [5.74, 6) is 2.41. The number of likely N-dealkylation sites (tertiary alicyclic amines) is 2. The largest absolute Gasteiger partial charge is 0.813 e. The Hall–Kier alpha value is -0.0656. The van der Waals surface area contributed by atoms with Crippen LogP contribution in [0.5, 0.6) is 0 Å². The van der Waals surface area contributed by atoms with Crippen molar-refractivity contribution in [2.45, 2.75) is 72.1 Å². The van der Waals surface area contributed by atoms with Crippen molar-refractivity contribution >= 4 is 108 Å². The third-order valence-electron chi connectivity index (χ3n) is 8.13. The Morgan fingerprint density at radius 2 is 1.65 bits per heavy atom. The van der Waals surface area contributed by atoms with Gasteiger partial charge < -0.3 is 39.2 Å². The van der Waals surface area contributed by atoms with Gasteiger partial charge in [0.15, 0.2) is 11.7 Å². The van der Waals surface area contributed by atoms with Crippen LogP contribution in [0, 0.1) is 42.1 Å². The van der Waals surface area contributed by atoms with Crippen molar-refractivity contribution in [1.29, 1.82) is 10.7 Å². The van der Waals surface area contributed by atoms with Crippen LogP contribution in [0.1, 0.15) is 70.9 Å². The standard InChI is InChI=1S/C15H23N5.C11H24N4.C6H7NO.HIS.2HI.H2S.V/c1-12-14(16-2)11-18-15(19-12)17-8-4-5-13-6-9-20(3)10-7-13;1-14-8-5-10(6-9-14)4-3-7-15(2)11(12)13;1-3-6(4-7)5(2)8;1-2;;;;/h11,13H,4-10H2,1,3H3,(H,17,18,19);10H,3-9H2,1-2H3,(H3,12,13);3H,1-2H3;2H;2*1H;1H2;/q;;;;;;;+2/p-3/b;;6-3+;;;;;. The Labute approximate surface area is 350 Å². The molecule has 2 aliphatic rings. The maximum Gasteiger partial charge on any atom is -0.813 e. The van der Waals surface area contributed by atoms with Crippen molar-refractivity contribution in [2.24, 2.45) is 17.6 Å². The summed E-state index contributed by atoms with van der Waals surface area (Å²) in [7, 11) is 10.4. The molecule has 3 heterocycles. The first kappa shape index (κ1) is 53.3. The fourth-order valence-corrected chi connectivity index (χ4v) is 5.03. The number of halogens is 3. The fraction of sp³-hybridized carbons (Fsp3) is 0.688. The van der Waals surface area contributed by atoms with Gasteiger partial charge in [-0.3, -0.25) is 10.2 Å². The van der Waals surface area contributed by atoms with Crippen LogP contribution in [0.3, 0.4) is 0 Å². The van der Waals surface area contributed by atoms with Crippen molar-refractivity contribution in [2.75, 3.05) is 65.7 Å². The zero-order valence-electron chi connectivity index (χ0n) is 29.8. The van der Waals surface area contributed by atoms with E-state index in [1.165, 1.54) is 77.7 Å². The van der Waals surface area contributed by atoms with Gasteiger partial charge in [-0.1, -0.05) is 6.08 Å². The van der Waals surface area contributed by atoms with Crippen LogP contribution in [0.4, 0.5) is 11.6 Å². The van der Waals surface area contributed by atoms with Crippen molar-refractivity contribution in [3.8, 4) is 6.07 Å². The zero-order valence-corrected chi connectivity index (χ0v) is 39.5. The zero-order chi connectivity index (χ0) is 36.9. The molecule has 0 aromatic carbocycles. The van der Waals surface area contributed by atoms with Gasteiger partial charge in [0.2, 0.25) is 11.6 Å². The number of nitriles is 1. The molecule has 0 amide bonds. The second kappa shape index (κ2) is 35.0. The van der Waals surface area contributed by atoms with E-state index in [-0.39, 0.29) is 30.8 Å². The number of allylic oxidation sites excluding steroid dienone is 2. The van der Waals surface area contributed by atoms with E-state index in [1.807, 2.05) is 40.1 Å². The van der Waals surface area contributed by atoms with Crippen molar-refractivity contribution < 1.29 is 14.3 Å². The molecule has 11 nitrogen and oxygen atoms in total. The molecule has 1 aromatic rings. The maximum atomic E-state index is 10.3. The molecule has 0 bridgehead atoms. The predicted molar refractivity (Wildman–Crippen MR) is 235 cm³/mol. The van der Waals surface area contributed by atoms with E-state index in [2.05, 4.69) is 93.8 Å². The summed E-state index contributed by atoms with van der Waals surface area (Å²) in [6, 6.07) is 1.76. The average Bonchev–Trinajstić information content (AvgIpc) is 3.07. The Bertz CT molecular complexity index is 1140. The van der Waals surface area contributed by atoms with E-state index < -0.39 is 0 Å². The molecule has 3 rings (SSSR count). The number of anilines is 1. The number of nitrogens with one attached hydrogen (secondary N) is 2. The summed E-state index contributed by atoms with van der Waals surface area (Å²) in [4.78, 5) is 28.8. The minimum atomic E-state index is -0.171. The van der Waals surface area contributed by atoms with E-state index in [1.54, 1.807) is 19.2 Å². The Morgan fingerprint density at radius 3 is 2.00 bits per heavy atom. The molecule has 0 spiro atoms. The van der Waals surface area contributed by atoms with Crippen molar-refractivity contribution in [3.63, 3.8) is 0 Å². The molecular weight excluding hydrogens is 1040 g/mol. The molecule has 4 N–H and O–H groups in total. The third-order valence-corrected chi connectivity index (χ3v) is 8.13. The second-order valence-corrected chi connectivity index (χ2v) is 23.5. The minimum Gasteiger partial charge on any atom is -0.813 e. The normalized spacial score (nSPS) is 14.8. The Kier molecular flexibility index (Phi) is 38.1. The topological polar surface area (TPSA) is 143 Å². The molecule has 0 atom stereocenters. The summed E-state index contributed by atoms with van der Waals surface area (Å²) in [6.07, 6.45) is 13.3. The smallest absolute Gasteiger partial charge is 0.813 e. The molecule has 0 radical (unpaired) electrons. The van der Waals surface area contributed by atoms with Crippen LogP contribution in [0.25, 0.3) is 4.85 Å². The number of ketones is 1. The number of piperidine rings is 2. The van der Waals surface area contributed by atoms with E-state index >= 15 is 0 Å². The van der Waals surface area contributed by atoms with Gasteiger partial charge in [-0.25, -0.2) is 14.8 Å². The number of thiol groups is 2. The fourth-order valence-electron chi connectivity index (χ4n) is 5.03. The predicted octanol–water partition coefficient (Wildman–Crippen LogP) is 7.61. The number of aryl methyl sites for hydroxylation is 1. The molecule has 49 heavy (non-hydrogen) atoms. The monoisotopic (exact) mass is 1090 g/mol. The molecule has 0 aliphatic carbocycles. The van der Waals surface area contributed by atoms with Gasteiger partial charge >= 0.3 is 49.4 Å². The van der Waals surface area contributed by atoms with Gasteiger partial charge in [0.05, 0.1) is 12.1 Å². The third kappa shape index (κ3) is 28.2. The van der Waals surface area contributed by atoms with Crippen LogP contribution in [-0.2, 0) is 27.8 Å². The van der Waals surface area contributed by atoms with E-state index in [0.29, 0.717) is 21.1 Å². The van der Waals surface area contributed by atoms with Gasteiger partial charge in [0.25, 0.3) is 0 Å². The first-order chi connectivity index (χ1) is 22.9. The van der Waals surface area contributed by atoms with Crippen molar-refractivity contribution in [3.05, 3.63) is 35.0 Å². The number of hydrogen-bond acceptors (Lipinski definition) is 10. The Morgan fingerprint density at radius 1 is 1.18 bits per heavy atom. The summed E-state index contributed by atoms with van der Waals surface area (Å²) in [6.45, 7) is 18.6. The van der Waals surface area contributed by atoms with E-state index in [0.717, 1.165) is 43.5 Å². The molecule has 2 fully saturated rings. The molecule has 1 aromatic heterocycles. The number of hydrogen-bond donors (Lipinski definition) is 4. The van der Waals surface area contributed by atoms with Gasteiger partial charge in [-0.05, 0) is 145 Å². The first-order valence-corrected chi connectivity index (χ1v) is 28.2. The van der Waals surface area contributed by atoms with Gasteiger partial charge in [0.1, 0.15) is 6.07 Å². The molecule has 2 aliphatic heterocycles. The quantitative estimate of drug-likeness (QED) is 0.0213. The average molecular weight is 1090 g/mol. The van der Waals surface area contributed by atoms with Gasteiger partial charge in [-0.15, -0.1) is 9.80 Å². The van der Waals surface area contributed by atoms with Crippen LogP contribution in [-0.4, -0.2) is 96.8 Å². The SMILES string of the molecule is C/C=C(\C#N)C(C)=O.CN1CCC(CCCN(C)C(=N)N)CC1.SI.[C-]#[N+]c1cnc(NCCCC2CCN(C)CC2)nc1C.[I][V][I].[SH-]. The van der Waals surface area contributed by atoms with Crippen LogP contribution in [0.15, 0.2) is 17.8 Å². The van der Waals surface area contributed by atoms with E-state index in [4.69, 9.17) is 23.0 Å². The number of guanidine groups is 1. The van der Waals surface area contributed by atoms with Crippen molar-refractivity contribution in [1.82, 2.24) is 24.7 Å². The number of Topliss-reactive ketones (excluding diaryl/α,β-unsaturated/α-hetero) is 1. The Balaban J connectivity index is -0.000000644. The van der Waals surface area contributed by atoms with Crippen LogP contribution in [0.2, 0.25) is 0 Å². The van der Waals surface area contributed by atoms with Crippen LogP contribution >= 0.6 is 71.0 Å².